The highest BCUT2D eigenvalue weighted by Crippen LogP contribution is 2.23. The van der Waals surface area contributed by atoms with Crippen LogP contribution in [0.2, 0.25) is 0 Å². The van der Waals surface area contributed by atoms with Gasteiger partial charge in [0.2, 0.25) is 5.91 Å². The molecule has 2 aromatic rings. The van der Waals surface area contributed by atoms with Crippen LogP contribution in [-0.2, 0) is 9.59 Å². The number of halogens is 1. The molecule has 28 heavy (non-hydrogen) atoms. The van der Waals surface area contributed by atoms with E-state index < -0.39 is 0 Å². The van der Waals surface area contributed by atoms with Gasteiger partial charge < -0.3 is 15.0 Å². The lowest BCUT2D eigenvalue weighted by Crippen LogP contribution is -2.45. The Morgan fingerprint density at radius 1 is 1.25 bits per heavy atom. The van der Waals surface area contributed by atoms with Gasteiger partial charge in [0.05, 0.1) is 5.92 Å². The number of carbonyl (C=O) groups is 2. The zero-order valence-corrected chi connectivity index (χ0v) is 17.7. The van der Waals surface area contributed by atoms with Gasteiger partial charge in [0, 0.05) is 23.8 Å². The van der Waals surface area contributed by atoms with Crippen molar-refractivity contribution in [3.63, 3.8) is 0 Å². The third-order valence-corrected chi connectivity index (χ3v) is 5.34. The molecule has 1 aromatic heterocycles. The van der Waals surface area contributed by atoms with Crippen molar-refractivity contribution in [2.45, 2.75) is 26.7 Å². The Kier molecular flexibility index (Phi) is 6.67. The predicted octanol–water partition coefficient (Wildman–Crippen LogP) is 3.72. The van der Waals surface area contributed by atoms with Crippen molar-refractivity contribution < 1.29 is 14.3 Å². The summed E-state index contributed by atoms with van der Waals surface area (Å²) in [5.41, 5.74) is 2.01. The highest BCUT2D eigenvalue weighted by atomic mass is 79.9. The van der Waals surface area contributed by atoms with Crippen LogP contribution in [0.5, 0.6) is 5.75 Å². The van der Waals surface area contributed by atoms with Crippen molar-refractivity contribution in [1.82, 2.24) is 9.88 Å². The Morgan fingerprint density at radius 3 is 2.68 bits per heavy atom. The third kappa shape index (κ3) is 5.10. The maximum atomic E-state index is 12.6. The molecule has 6 nitrogen and oxygen atoms in total. The number of likely N-dealkylation sites (tertiary alicyclic amines) is 1. The Labute approximate surface area is 173 Å². The van der Waals surface area contributed by atoms with Crippen LogP contribution >= 0.6 is 15.9 Å². The summed E-state index contributed by atoms with van der Waals surface area (Å²) >= 11 is 3.32. The third-order valence-electron chi connectivity index (χ3n) is 4.87. The minimum Gasteiger partial charge on any atom is -0.483 e. The number of rotatable bonds is 5. The summed E-state index contributed by atoms with van der Waals surface area (Å²) in [4.78, 5) is 31.1. The average Bonchev–Trinajstić information content (AvgIpc) is 2.69. The van der Waals surface area contributed by atoms with E-state index >= 15 is 0 Å². The van der Waals surface area contributed by atoms with Gasteiger partial charge in [-0.05, 0) is 65.9 Å². The molecule has 1 unspecified atom stereocenters. The molecule has 1 aliphatic heterocycles. The molecule has 0 saturated carbocycles. The maximum Gasteiger partial charge on any atom is 0.260 e. The molecule has 3 rings (SSSR count). The summed E-state index contributed by atoms with van der Waals surface area (Å²) in [6.45, 7) is 4.95. The van der Waals surface area contributed by atoms with Gasteiger partial charge in [-0.2, -0.15) is 0 Å². The average molecular weight is 446 g/mol. The lowest BCUT2D eigenvalue weighted by Gasteiger charge is -2.32. The molecule has 7 heteroatoms. The van der Waals surface area contributed by atoms with Gasteiger partial charge in [0.15, 0.2) is 6.61 Å². The van der Waals surface area contributed by atoms with E-state index in [2.05, 4.69) is 26.2 Å². The second-order valence-electron chi connectivity index (χ2n) is 7.04. The van der Waals surface area contributed by atoms with Crippen molar-refractivity contribution in [3.8, 4) is 5.75 Å². The number of nitrogens with one attached hydrogen (secondary N) is 1. The SMILES string of the molecule is Cc1cccc(C)c1OCC(=O)N1CCCC(C(=O)Nc2ccc(Br)cn2)C1. The zero-order chi connectivity index (χ0) is 20.1. The van der Waals surface area contributed by atoms with E-state index in [1.807, 2.05) is 38.1 Å². The molecule has 2 amide bonds. The van der Waals surface area contributed by atoms with Gasteiger partial charge >= 0.3 is 0 Å². The van der Waals surface area contributed by atoms with Crippen LogP contribution in [0.4, 0.5) is 5.82 Å². The molecule has 0 aliphatic carbocycles. The quantitative estimate of drug-likeness (QED) is 0.760. The standard InChI is InChI=1S/C21H24BrN3O3/c1-14-5-3-6-15(2)20(14)28-13-19(26)25-10-4-7-16(12-25)21(27)24-18-9-8-17(22)11-23-18/h3,5-6,8-9,11,16H,4,7,10,12-13H2,1-2H3,(H,23,24,27). The number of pyridine rings is 1. The molecule has 148 valence electrons. The molecule has 1 fully saturated rings. The smallest absolute Gasteiger partial charge is 0.260 e. The number of piperidine rings is 1. The molecule has 1 N–H and O–H groups in total. The van der Waals surface area contributed by atoms with Crippen LogP contribution in [0.3, 0.4) is 0 Å². The van der Waals surface area contributed by atoms with Crippen LogP contribution in [0.1, 0.15) is 24.0 Å². The number of benzene rings is 1. The number of aryl methyl sites for hydroxylation is 2. The van der Waals surface area contributed by atoms with Gasteiger partial charge in [-0.1, -0.05) is 18.2 Å². The Hall–Kier alpha value is -2.41. The Morgan fingerprint density at radius 2 is 2.00 bits per heavy atom. The minimum absolute atomic E-state index is 0.0195. The van der Waals surface area contributed by atoms with Gasteiger partial charge in [0.25, 0.3) is 5.91 Å². The molecule has 2 heterocycles. The number of para-hydroxylation sites is 1. The zero-order valence-electron chi connectivity index (χ0n) is 16.1. The molecule has 1 atom stereocenters. The summed E-state index contributed by atoms with van der Waals surface area (Å²) < 4.78 is 6.63. The monoisotopic (exact) mass is 445 g/mol. The maximum absolute atomic E-state index is 12.6. The summed E-state index contributed by atoms with van der Waals surface area (Å²) in [6, 6.07) is 9.46. The van der Waals surface area contributed by atoms with Gasteiger partial charge in [-0.25, -0.2) is 4.98 Å². The second-order valence-corrected chi connectivity index (χ2v) is 7.96. The Balaban J connectivity index is 1.55. The number of hydrogen-bond donors (Lipinski definition) is 1. The second kappa shape index (κ2) is 9.19. The fraction of sp³-hybridized carbons (Fsp3) is 0.381. The first-order valence-electron chi connectivity index (χ1n) is 9.33. The van der Waals surface area contributed by atoms with Gasteiger partial charge in [-0.15, -0.1) is 0 Å². The van der Waals surface area contributed by atoms with Crippen molar-refractivity contribution >= 4 is 33.6 Å². The number of amides is 2. The first-order chi connectivity index (χ1) is 13.4. The number of aromatic nitrogens is 1. The van der Waals surface area contributed by atoms with E-state index in [1.54, 1.807) is 17.2 Å². The van der Waals surface area contributed by atoms with E-state index in [0.717, 1.165) is 34.2 Å². The fourth-order valence-electron chi connectivity index (χ4n) is 3.35. The van der Waals surface area contributed by atoms with Crippen LogP contribution in [0.15, 0.2) is 41.0 Å². The lowest BCUT2D eigenvalue weighted by molar-refractivity contribution is -0.136. The van der Waals surface area contributed by atoms with E-state index in [9.17, 15) is 9.59 Å². The fourth-order valence-corrected chi connectivity index (χ4v) is 3.58. The first kappa shape index (κ1) is 20.3. The number of anilines is 1. The highest BCUT2D eigenvalue weighted by Gasteiger charge is 2.29. The highest BCUT2D eigenvalue weighted by molar-refractivity contribution is 9.10. The number of hydrogen-bond acceptors (Lipinski definition) is 4. The summed E-state index contributed by atoms with van der Waals surface area (Å²) in [6.07, 6.45) is 3.18. The minimum atomic E-state index is -0.247. The van der Waals surface area contributed by atoms with Crippen molar-refractivity contribution in [3.05, 3.63) is 52.1 Å². The van der Waals surface area contributed by atoms with Crippen LogP contribution in [0.25, 0.3) is 0 Å². The topological polar surface area (TPSA) is 71.5 Å². The van der Waals surface area contributed by atoms with Gasteiger partial charge in [-0.3, -0.25) is 9.59 Å². The van der Waals surface area contributed by atoms with Crippen molar-refractivity contribution in [2.24, 2.45) is 5.92 Å². The summed E-state index contributed by atoms with van der Waals surface area (Å²) in [7, 11) is 0. The largest absolute Gasteiger partial charge is 0.483 e. The predicted molar refractivity (Wildman–Crippen MR) is 111 cm³/mol. The lowest BCUT2D eigenvalue weighted by atomic mass is 9.97. The van der Waals surface area contributed by atoms with Crippen molar-refractivity contribution in [2.75, 3.05) is 25.0 Å². The molecule has 1 aromatic carbocycles. The van der Waals surface area contributed by atoms with Crippen molar-refractivity contribution in [1.29, 1.82) is 0 Å². The van der Waals surface area contributed by atoms with E-state index in [4.69, 9.17) is 4.74 Å². The van der Waals surface area contributed by atoms with E-state index in [0.29, 0.717) is 18.9 Å². The molecule has 1 saturated heterocycles. The molecule has 1 aliphatic rings. The summed E-state index contributed by atoms with van der Waals surface area (Å²) in [5.74, 6) is 0.812. The molecular weight excluding hydrogens is 422 g/mol. The van der Waals surface area contributed by atoms with Crippen LogP contribution < -0.4 is 10.1 Å². The van der Waals surface area contributed by atoms with Crippen LogP contribution in [-0.4, -0.2) is 41.4 Å². The Bertz CT molecular complexity index is 834. The number of ether oxygens (including phenoxy) is 1. The first-order valence-corrected chi connectivity index (χ1v) is 10.1. The molecule has 0 radical (unpaired) electrons. The normalized spacial score (nSPS) is 16.5. The van der Waals surface area contributed by atoms with E-state index in [-0.39, 0.29) is 24.3 Å². The van der Waals surface area contributed by atoms with Gasteiger partial charge in [0.1, 0.15) is 11.6 Å². The van der Waals surface area contributed by atoms with Crippen LogP contribution in [0, 0.1) is 19.8 Å². The summed E-state index contributed by atoms with van der Waals surface area (Å²) in [5, 5.41) is 2.83. The number of carbonyl (C=O) groups excluding carboxylic acids is 2. The molecular formula is C21H24BrN3O3. The molecule has 0 bridgehead atoms. The van der Waals surface area contributed by atoms with E-state index in [1.165, 1.54) is 0 Å². The molecule has 0 spiro atoms. The number of nitrogens with zero attached hydrogens (tertiary/aromatic N) is 2.